The zero-order valence-electron chi connectivity index (χ0n) is 14.7. The highest BCUT2D eigenvalue weighted by Crippen LogP contribution is 2.29. The van der Waals surface area contributed by atoms with Crippen molar-refractivity contribution in [1.29, 1.82) is 0 Å². The Morgan fingerprint density at radius 1 is 1.05 bits per heavy atom. The third kappa shape index (κ3) is 5.80. The molecule has 0 bridgehead atoms. The van der Waals surface area contributed by atoms with Crippen LogP contribution < -0.4 is 5.32 Å². The molecule has 0 radical (unpaired) electrons. The lowest BCUT2D eigenvalue weighted by atomic mass is 9.81. The van der Waals surface area contributed by atoms with Gasteiger partial charge in [-0.3, -0.25) is 0 Å². The molecule has 2 heteroatoms. The molecule has 1 aromatic carbocycles. The fourth-order valence-electron chi connectivity index (χ4n) is 2.51. The molecule has 21 heavy (non-hydrogen) atoms. The van der Waals surface area contributed by atoms with Crippen LogP contribution in [-0.2, 0) is 5.41 Å². The summed E-state index contributed by atoms with van der Waals surface area (Å²) < 4.78 is 0. The highest BCUT2D eigenvalue weighted by atomic mass is 16.2. The molecule has 2 nitrogen and oxygen atoms in total. The minimum absolute atomic E-state index is 0.0709. The Morgan fingerprint density at radius 2 is 1.62 bits per heavy atom. The Kier molecular flexibility index (Phi) is 6.42. The van der Waals surface area contributed by atoms with E-state index >= 15 is 0 Å². The zero-order valence-corrected chi connectivity index (χ0v) is 14.7. The summed E-state index contributed by atoms with van der Waals surface area (Å²) in [6.07, 6.45) is 2.93. The highest BCUT2D eigenvalue weighted by Gasteiger charge is 2.21. The van der Waals surface area contributed by atoms with Gasteiger partial charge in [0.25, 0.3) is 0 Å². The molecule has 0 unspecified atom stereocenters. The van der Waals surface area contributed by atoms with E-state index in [1.54, 1.807) is 0 Å². The molecule has 1 atom stereocenters. The molecule has 1 rings (SSSR count). The van der Waals surface area contributed by atoms with E-state index in [2.05, 4.69) is 71.1 Å². The standard InChI is InChI=1S/C19H33NO/c1-7-19(5,6)16-12-10-15(11-13-16)17(9-8-14-21)20-18(2,3)4/h10-13,17,20-21H,7-9,14H2,1-6H3/t17-/m1/s1. The van der Waals surface area contributed by atoms with Crippen molar-refractivity contribution in [2.75, 3.05) is 6.61 Å². The van der Waals surface area contributed by atoms with Crippen LogP contribution in [0.2, 0.25) is 0 Å². The molecule has 0 aliphatic rings. The quantitative estimate of drug-likeness (QED) is 0.771. The normalized spacial score (nSPS) is 14.2. The first kappa shape index (κ1) is 18.2. The van der Waals surface area contributed by atoms with Gasteiger partial charge < -0.3 is 10.4 Å². The summed E-state index contributed by atoms with van der Waals surface area (Å²) in [5.41, 5.74) is 3.01. The highest BCUT2D eigenvalue weighted by molar-refractivity contribution is 5.30. The topological polar surface area (TPSA) is 32.3 Å². The van der Waals surface area contributed by atoms with Crippen molar-refractivity contribution in [3.8, 4) is 0 Å². The molecule has 2 N–H and O–H groups in total. The fourth-order valence-corrected chi connectivity index (χ4v) is 2.51. The fraction of sp³-hybridized carbons (Fsp3) is 0.684. The van der Waals surface area contributed by atoms with Gasteiger partial charge in [-0.05, 0) is 56.6 Å². The predicted octanol–water partition coefficient (Wildman–Crippen LogP) is 4.58. The summed E-state index contributed by atoms with van der Waals surface area (Å²) in [5, 5.41) is 12.8. The summed E-state index contributed by atoms with van der Waals surface area (Å²) in [7, 11) is 0. The second-order valence-electron chi connectivity index (χ2n) is 7.67. The van der Waals surface area contributed by atoms with Crippen molar-refractivity contribution in [2.45, 2.75) is 77.8 Å². The van der Waals surface area contributed by atoms with Gasteiger partial charge in [0.1, 0.15) is 0 Å². The van der Waals surface area contributed by atoms with Crippen molar-refractivity contribution in [3.63, 3.8) is 0 Å². The SMILES string of the molecule is CCC(C)(C)c1ccc([C@@H](CCCO)NC(C)(C)C)cc1. The first-order valence-electron chi connectivity index (χ1n) is 8.18. The summed E-state index contributed by atoms with van der Waals surface area (Å²) in [6.45, 7) is 13.6. The maximum absolute atomic E-state index is 9.12. The lowest BCUT2D eigenvalue weighted by Crippen LogP contribution is -2.39. The van der Waals surface area contributed by atoms with Gasteiger partial charge in [0.15, 0.2) is 0 Å². The molecule has 1 aromatic rings. The smallest absolute Gasteiger partial charge is 0.0431 e. The van der Waals surface area contributed by atoms with Crippen molar-refractivity contribution in [3.05, 3.63) is 35.4 Å². The summed E-state index contributed by atoms with van der Waals surface area (Å²) in [4.78, 5) is 0. The Bertz CT molecular complexity index is 414. The number of aliphatic hydroxyl groups excluding tert-OH is 1. The van der Waals surface area contributed by atoms with Crippen molar-refractivity contribution in [2.24, 2.45) is 0 Å². The Labute approximate surface area is 131 Å². The molecule has 120 valence electrons. The minimum Gasteiger partial charge on any atom is -0.396 e. The molecule has 0 amide bonds. The Balaban J connectivity index is 2.92. The van der Waals surface area contributed by atoms with Crippen LogP contribution in [-0.4, -0.2) is 17.3 Å². The van der Waals surface area contributed by atoms with Crippen LogP contribution >= 0.6 is 0 Å². The molecule has 0 aliphatic heterocycles. The first-order valence-corrected chi connectivity index (χ1v) is 8.18. The molecular weight excluding hydrogens is 258 g/mol. The van der Waals surface area contributed by atoms with E-state index in [4.69, 9.17) is 5.11 Å². The average molecular weight is 291 g/mol. The van der Waals surface area contributed by atoms with E-state index in [1.165, 1.54) is 11.1 Å². The number of hydrogen-bond acceptors (Lipinski definition) is 2. The first-order chi connectivity index (χ1) is 9.69. The molecule has 0 spiro atoms. The predicted molar refractivity (Wildman–Crippen MR) is 91.7 cm³/mol. The molecule has 0 aliphatic carbocycles. The van der Waals surface area contributed by atoms with Gasteiger partial charge >= 0.3 is 0 Å². The molecule has 0 saturated carbocycles. The van der Waals surface area contributed by atoms with Crippen LogP contribution in [0, 0.1) is 0 Å². The summed E-state index contributed by atoms with van der Waals surface area (Å²) >= 11 is 0. The molecule has 0 aromatic heterocycles. The van der Waals surface area contributed by atoms with Gasteiger partial charge in [0.2, 0.25) is 0 Å². The van der Waals surface area contributed by atoms with Crippen LogP contribution in [0.4, 0.5) is 0 Å². The average Bonchev–Trinajstić information content (AvgIpc) is 2.42. The van der Waals surface area contributed by atoms with E-state index < -0.39 is 0 Å². The number of aliphatic hydroxyl groups is 1. The van der Waals surface area contributed by atoms with E-state index in [1.807, 2.05) is 0 Å². The lowest BCUT2D eigenvalue weighted by Gasteiger charge is -2.30. The maximum Gasteiger partial charge on any atom is 0.0431 e. The molecule has 0 heterocycles. The van der Waals surface area contributed by atoms with Crippen LogP contribution in [0.3, 0.4) is 0 Å². The monoisotopic (exact) mass is 291 g/mol. The molecule has 0 fully saturated rings. The third-order valence-corrected chi connectivity index (χ3v) is 4.24. The maximum atomic E-state index is 9.12. The van der Waals surface area contributed by atoms with E-state index in [0.717, 1.165) is 19.3 Å². The number of benzene rings is 1. The minimum atomic E-state index is 0.0709. The lowest BCUT2D eigenvalue weighted by molar-refractivity contribution is 0.264. The number of rotatable bonds is 7. The summed E-state index contributed by atoms with van der Waals surface area (Å²) in [5.74, 6) is 0. The van der Waals surface area contributed by atoms with Gasteiger partial charge in [0.05, 0.1) is 0 Å². The molecular formula is C19H33NO. The van der Waals surface area contributed by atoms with Crippen molar-refractivity contribution >= 4 is 0 Å². The molecule has 0 saturated heterocycles. The third-order valence-electron chi connectivity index (χ3n) is 4.24. The summed E-state index contributed by atoms with van der Waals surface area (Å²) in [6, 6.07) is 9.31. The Morgan fingerprint density at radius 3 is 2.05 bits per heavy atom. The second kappa shape index (κ2) is 7.42. The van der Waals surface area contributed by atoms with Gasteiger partial charge in [-0.15, -0.1) is 0 Å². The second-order valence-corrected chi connectivity index (χ2v) is 7.67. The number of hydrogen-bond donors (Lipinski definition) is 2. The van der Waals surface area contributed by atoms with Gasteiger partial charge in [0, 0.05) is 18.2 Å². The number of nitrogens with one attached hydrogen (secondary N) is 1. The van der Waals surface area contributed by atoms with E-state index in [0.29, 0.717) is 6.04 Å². The zero-order chi connectivity index (χ0) is 16.1. The van der Waals surface area contributed by atoms with Gasteiger partial charge in [-0.2, -0.15) is 0 Å². The van der Waals surface area contributed by atoms with Crippen LogP contribution in [0.1, 0.15) is 78.0 Å². The van der Waals surface area contributed by atoms with Crippen LogP contribution in [0.15, 0.2) is 24.3 Å². The van der Waals surface area contributed by atoms with Crippen LogP contribution in [0.5, 0.6) is 0 Å². The Hall–Kier alpha value is -0.860. The van der Waals surface area contributed by atoms with Gasteiger partial charge in [-0.1, -0.05) is 45.0 Å². The van der Waals surface area contributed by atoms with Crippen molar-refractivity contribution < 1.29 is 5.11 Å². The largest absolute Gasteiger partial charge is 0.396 e. The van der Waals surface area contributed by atoms with Gasteiger partial charge in [-0.25, -0.2) is 0 Å². The van der Waals surface area contributed by atoms with E-state index in [9.17, 15) is 0 Å². The van der Waals surface area contributed by atoms with Crippen LogP contribution in [0.25, 0.3) is 0 Å². The van der Waals surface area contributed by atoms with E-state index in [-0.39, 0.29) is 17.6 Å². The van der Waals surface area contributed by atoms with Crippen molar-refractivity contribution in [1.82, 2.24) is 5.32 Å².